The summed E-state index contributed by atoms with van der Waals surface area (Å²) in [5, 5.41) is 23.4. The fraction of sp³-hybridized carbons (Fsp3) is 0.333. The molecule has 1 unspecified atom stereocenters. The van der Waals surface area contributed by atoms with E-state index in [9.17, 15) is 19.6 Å². The van der Waals surface area contributed by atoms with E-state index in [1.807, 2.05) is 0 Å². The maximum atomic E-state index is 12.1. The van der Waals surface area contributed by atoms with Crippen molar-refractivity contribution in [1.82, 2.24) is 9.97 Å². The van der Waals surface area contributed by atoms with Crippen LogP contribution in [-0.4, -0.2) is 44.6 Å². The standard InChI is InChI=1S/C18H20N3O7PS/c1-18(24)14(22)11(7-26-29(25)28-9-5-3-2-4-6-9)27-15(18)13-12-10(8-30-13)16(23)21-17(19)20-12/h2-6,8,11,14-15,22,24,29H,7H2,1H3,(H3,19,20,21,23)/t11-,14-,15+,18-/m1/s1. The third kappa shape index (κ3) is 3.87. The molecule has 0 aliphatic carbocycles. The summed E-state index contributed by atoms with van der Waals surface area (Å²) >= 11 is 1.16. The van der Waals surface area contributed by atoms with Crippen LogP contribution < -0.4 is 15.8 Å². The molecule has 12 heteroatoms. The largest absolute Gasteiger partial charge is 0.426 e. The van der Waals surface area contributed by atoms with Crippen molar-refractivity contribution in [2.45, 2.75) is 30.8 Å². The number of nitrogens with zero attached hydrogens (tertiary/aromatic N) is 1. The van der Waals surface area contributed by atoms with Gasteiger partial charge in [0.25, 0.3) is 5.56 Å². The van der Waals surface area contributed by atoms with Gasteiger partial charge in [-0.15, -0.1) is 11.3 Å². The number of ether oxygens (including phenoxy) is 1. The first kappa shape index (κ1) is 21.0. The second kappa shape index (κ2) is 8.10. The number of rotatable bonds is 6. The Balaban J connectivity index is 1.51. The molecule has 2 aromatic heterocycles. The number of nitrogens with two attached hydrogens (primary N) is 1. The van der Waals surface area contributed by atoms with Gasteiger partial charge in [-0.05, 0) is 19.1 Å². The van der Waals surface area contributed by atoms with E-state index in [0.29, 0.717) is 21.5 Å². The predicted molar refractivity (Wildman–Crippen MR) is 111 cm³/mol. The third-order valence-corrected chi connectivity index (χ3v) is 6.67. The summed E-state index contributed by atoms with van der Waals surface area (Å²) in [6.07, 6.45) is -3.31. The molecule has 4 rings (SSSR count). The maximum Gasteiger partial charge on any atom is 0.367 e. The number of H-pyrrole nitrogens is 1. The minimum absolute atomic E-state index is 0.0677. The summed E-state index contributed by atoms with van der Waals surface area (Å²) in [5.74, 6) is 0.319. The lowest BCUT2D eigenvalue weighted by atomic mass is 9.92. The van der Waals surface area contributed by atoms with E-state index in [0.717, 1.165) is 11.3 Å². The van der Waals surface area contributed by atoms with Gasteiger partial charge in [-0.2, -0.15) is 0 Å². The first-order valence-electron chi connectivity index (χ1n) is 9.00. The van der Waals surface area contributed by atoms with Crippen LogP contribution in [0.2, 0.25) is 0 Å². The number of aliphatic hydroxyl groups is 2. The average molecular weight is 453 g/mol. The Labute approximate surface area is 175 Å². The number of aliphatic hydroxyl groups excluding tert-OH is 1. The van der Waals surface area contributed by atoms with Gasteiger partial charge < -0.3 is 25.2 Å². The Morgan fingerprint density at radius 3 is 2.87 bits per heavy atom. The number of aromatic nitrogens is 2. The molecule has 3 heterocycles. The molecule has 3 aromatic rings. The number of para-hydroxylation sites is 1. The van der Waals surface area contributed by atoms with Crippen molar-refractivity contribution in [2.24, 2.45) is 0 Å². The van der Waals surface area contributed by atoms with E-state index < -0.39 is 37.7 Å². The summed E-state index contributed by atoms with van der Waals surface area (Å²) < 4.78 is 28.3. The molecule has 0 bridgehead atoms. The lowest BCUT2D eigenvalue weighted by Crippen LogP contribution is -2.43. The van der Waals surface area contributed by atoms with E-state index >= 15 is 0 Å². The highest BCUT2D eigenvalue weighted by molar-refractivity contribution is 7.33. The summed E-state index contributed by atoms with van der Waals surface area (Å²) in [5.41, 5.74) is 3.82. The number of thiophene rings is 1. The zero-order valence-corrected chi connectivity index (χ0v) is 17.6. The molecule has 0 saturated carbocycles. The van der Waals surface area contributed by atoms with Crippen molar-refractivity contribution < 1.29 is 28.6 Å². The molecule has 1 aromatic carbocycles. The van der Waals surface area contributed by atoms with Gasteiger partial charge in [-0.25, -0.2) is 9.55 Å². The van der Waals surface area contributed by atoms with Gasteiger partial charge in [0, 0.05) is 5.38 Å². The van der Waals surface area contributed by atoms with Crippen LogP contribution in [-0.2, 0) is 13.8 Å². The minimum Gasteiger partial charge on any atom is -0.426 e. The number of aromatic amines is 1. The van der Waals surface area contributed by atoms with E-state index in [4.69, 9.17) is 19.5 Å². The first-order chi connectivity index (χ1) is 14.3. The molecule has 10 nitrogen and oxygen atoms in total. The number of hydrogen-bond donors (Lipinski definition) is 4. The smallest absolute Gasteiger partial charge is 0.367 e. The first-order valence-corrected chi connectivity index (χ1v) is 11.1. The van der Waals surface area contributed by atoms with E-state index in [2.05, 4.69) is 9.97 Å². The van der Waals surface area contributed by atoms with Crippen LogP contribution in [0.3, 0.4) is 0 Å². The fourth-order valence-electron chi connectivity index (χ4n) is 3.30. The molecule has 1 aliphatic heterocycles. The summed E-state index contributed by atoms with van der Waals surface area (Å²) in [6, 6.07) is 8.52. The molecule has 1 fully saturated rings. The van der Waals surface area contributed by atoms with Crippen LogP contribution in [0.1, 0.15) is 17.9 Å². The molecule has 1 aliphatic rings. The number of benzene rings is 1. The third-order valence-electron chi connectivity index (χ3n) is 4.85. The molecule has 0 spiro atoms. The van der Waals surface area contributed by atoms with Gasteiger partial charge in [-0.1, -0.05) is 18.2 Å². The summed E-state index contributed by atoms with van der Waals surface area (Å²) in [7, 11) is -2.90. The second-order valence-electron chi connectivity index (χ2n) is 7.01. The number of anilines is 1. The molecule has 160 valence electrons. The predicted octanol–water partition coefficient (Wildman–Crippen LogP) is 1.60. The van der Waals surface area contributed by atoms with Gasteiger partial charge in [0.15, 0.2) is 0 Å². The molecule has 0 radical (unpaired) electrons. The fourth-order valence-corrected chi connectivity index (χ4v) is 5.14. The molecule has 0 amide bonds. The van der Waals surface area contributed by atoms with E-state index in [1.165, 1.54) is 6.92 Å². The maximum absolute atomic E-state index is 12.1. The summed E-state index contributed by atoms with van der Waals surface area (Å²) in [6.45, 7) is 1.14. The Morgan fingerprint density at radius 1 is 1.40 bits per heavy atom. The van der Waals surface area contributed by atoms with Crippen molar-refractivity contribution in [3.05, 3.63) is 50.9 Å². The molecule has 1 saturated heterocycles. The molecular weight excluding hydrogens is 433 g/mol. The normalized spacial score (nSPS) is 27.4. The topological polar surface area (TPSA) is 157 Å². The molecule has 30 heavy (non-hydrogen) atoms. The van der Waals surface area contributed by atoms with E-state index in [-0.39, 0.29) is 12.6 Å². The quantitative estimate of drug-likeness (QED) is 0.407. The van der Waals surface area contributed by atoms with Gasteiger partial charge >= 0.3 is 8.25 Å². The highest BCUT2D eigenvalue weighted by Crippen LogP contribution is 2.46. The highest BCUT2D eigenvalue weighted by atomic mass is 32.1. The second-order valence-corrected chi connectivity index (χ2v) is 8.92. The zero-order valence-electron chi connectivity index (χ0n) is 15.8. The number of nitrogen functional groups attached to an aromatic ring is 1. The number of fused-ring (bicyclic) bond motifs is 1. The lowest BCUT2D eigenvalue weighted by molar-refractivity contribution is -0.0630. The Hall–Kier alpha value is -2.27. The minimum atomic E-state index is -2.90. The zero-order chi connectivity index (χ0) is 21.5. The number of nitrogens with one attached hydrogen (secondary N) is 1. The van der Waals surface area contributed by atoms with Crippen LogP contribution in [0.4, 0.5) is 5.95 Å². The molecular formula is C18H20N3O7PS. The molecule has 5 N–H and O–H groups in total. The van der Waals surface area contributed by atoms with Gasteiger partial charge in [0.2, 0.25) is 5.95 Å². The lowest BCUT2D eigenvalue weighted by Gasteiger charge is -2.26. The van der Waals surface area contributed by atoms with E-state index in [1.54, 1.807) is 35.7 Å². The van der Waals surface area contributed by atoms with Crippen LogP contribution in [0.15, 0.2) is 40.5 Å². The SMILES string of the molecule is C[C@@]1(O)[C@H](O)[C@@H](CO[PH](=O)Oc2ccccc2)O[C@H]1c1scc2c(=O)[nH]c(N)nc12. The van der Waals surface area contributed by atoms with Crippen molar-refractivity contribution in [3.8, 4) is 5.75 Å². The van der Waals surface area contributed by atoms with Crippen molar-refractivity contribution in [3.63, 3.8) is 0 Å². The monoisotopic (exact) mass is 453 g/mol. The van der Waals surface area contributed by atoms with Crippen LogP contribution in [0.5, 0.6) is 5.75 Å². The van der Waals surface area contributed by atoms with Crippen molar-refractivity contribution >= 4 is 36.4 Å². The van der Waals surface area contributed by atoms with Crippen molar-refractivity contribution in [2.75, 3.05) is 12.3 Å². The Kier molecular flexibility index (Phi) is 5.67. The van der Waals surface area contributed by atoms with Crippen molar-refractivity contribution in [1.29, 1.82) is 0 Å². The van der Waals surface area contributed by atoms with Gasteiger partial charge in [-0.3, -0.25) is 14.3 Å². The van der Waals surface area contributed by atoms with Crippen LogP contribution in [0.25, 0.3) is 10.9 Å². The van der Waals surface area contributed by atoms with Crippen LogP contribution in [0, 0.1) is 0 Å². The summed E-state index contributed by atoms with van der Waals surface area (Å²) in [4.78, 5) is 19.1. The van der Waals surface area contributed by atoms with Gasteiger partial charge in [0.05, 0.1) is 22.4 Å². The Morgan fingerprint density at radius 2 is 2.13 bits per heavy atom. The molecule has 5 atom stereocenters. The Bertz CT molecular complexity index is 1130. The average Bonchev–Trinajstić information content (AvgIpc) is 3.20. The van der Waals surface area contributed by atoms with Gasteiger partial charge in [0.1, 0.15) is 29.7 Å². The highest BCUT2D eigenvalue weighted by Gasteiger charge is 2.53. The number of hydrogen-bond acceptors (Lipinski definition) is 10. The van der Waals surface area contributed by atoms with Crippen LogP contribution >= 0.6 is 19.6 Å².